The largest absolute Gasteiger partial charge is 0.482 e. The van der Waals surface area contributed by atoms with E-state index in [2.05, 4.69) is 0 Å². The lowest BCUT2D eigenvalue weighted by Crippen LogP contribution is -2.38. The van der Waals surface area contributed by atoms with Gasteiger partial charge in [-0.05, 0) is 44.0 Å². The van der Waals surface area contributed by atoms with Crippen molar-refractivity contribution in [1.82, 2.24) is 4.90 Å². The number of benzene rings is 2. The van der Waals surface area contributed by atoms with Crippen LogP contribution >= 0.6 is 0 Å². The molecule has 28 heavy (non-hydrogen) atoms. The Labute approximate surface area is 164 Å². The molecule has 0 N–H and O–H groups in total. The second kappa shape index (κ2) is 9.17. The van der Waals surface area contributed by atoms with Gasteiger partial charge in [-0.2, -0.15) is 0 Å². The highest BCUT2D eigenvalue weighted by Gasteiger charge is 2.26. The molecule has 146 valence electrons. The van der Waals surface area contributed by atoms with Crippen LogP contribution in [0.5, 0.6) is 5.75 Å². The van der Waals surface area contributed by atoms with Gasteiger partial charge in [-0.3, -0.25) is 9.59 Å². The lowest BCUT2D eigenvalue weighted by atomic mass is 10.0. The van der Waals surface area contributed by atoms with E-state index in [-0.39, 0.29) is 18.3 Å². The average molecular weight is 381 g/mol. The summed E-state index contributed by atoms with van der Waals surface area (Å²) < 4.78 is 10.6. The van der Waals surface area contributed by atoms with Gasteiger partial charge >= 0.3 is 5.97 Å². The molecule has 1 heterocycles. The first-order chi connectivity index (χ1) is 13.5. The van der Waals surface area contributed by atoms with Crippen molar-refractivity contribution in [2.75, 3.05) is 19.7 Å². The predicted molar refractivity (Wildman–Crippen MR) is 103 cm³/mol. The number of amides is 1. The molecule has 1 saturated heterocycles. The average Bonchev–Trinajstić information content (AvgIpc) is 3.27. The third-order valence-electron chi connectivity index (χ3n) is 4.58. The zero-order chi connectivity index (χ0) is 19.9. The standard InChI is InChI=1S/C22H23NO5/c1-16(22(26)23-13-5-6-14-23)28-20(24)15-27-19-11-9-18(10-12-19)21(25)17-7-3-2-4-8-17/h2-4,7-12,16H,5-6,13-15H2,1H3/t16-/m1/s1. The number of hydrogen-bond donors (Lipinski definition) is 0. The van der Waals surface area contributed by atoms with E-state index in [4.69, 9.17) is 9.47 Å². The molecule has 6 nitrogen and oxygen atoms in total. The number of carbonyl (C=O) groups is 3. The summed E-state index contributed by atoms with van der Waals surface area (Å²) in [6.07, 6.45) is 1.15. The van der Waals surface area contributed by atoms with Gasteiger partial charge < -0.3 is 14.4 Å². The van der Waals surface area contributed by atoms with E-state index in [0.717, 1.165) is 12.8 Å². The van der Waals surface area contributed by atoms with E-state index < -0.39 is 12.1 Å². The summed E-state index contributed by atoms with van der Waals surface area (Å²) in [4.78, 5) is 38.2. The molecule has 6 heteroatoms. The first-order valence-corrected chi connectivity index (χ1v) is 9.35. The monoisotopic (exact) mass is 381 g/mol. The van der Waals surface area contributed by atoms with Crippen molar-refractivity contribution in [3.8, 4) is 5.75 Å². The highest BCUT2D eigenvalue weighted by Crippen LogP contribution is 2.16. The van der Waals surface area contributed by atoms with Crippen LogP contribution in [0.2, 0.25) is 0 Å². The van der Waals surface area contributed by atoms with Gasteiger partial charge in [0.25, 0.3) is 5.91 Å². The minimum absolute atomic E-state index is 0.0826. The summed E-state index contributed by atoms with van der Waals surface area (Å²) in [6, 6.07) is 15.5. The topological polar surface area (TPSA) is 72.9 Å². The molecule has 1 amide bonds. The number of ketones is 1. The number of nitrogens with zero attached hydrogens (tertiary/aromatic N) is 1. The Morgan fingerprint density at radius 1 is 0.929 bits per heavy atom. The van der Waals surface area contributed by atoms with Gasteiger partial charge in [-0.25, -0.2) is 4.79 Å². The van der Waals surface area contributed by atoms with E-state index in [1.807, 2.05) is 18.2 Å². The zero-order valence-corrected chi connectivity index (χ0v) is 15.8. The summed E-state index contributed by atoms with van der Waals surface area (Å²) in [5, 5.41) is 0. The number of ether oxygens (including phenoxy) is 2. The van der Waals surface area contributed by atoms with E-state index in [0.29, 0.717) is 30.0 Å². The smallest absolute Gasteiger partial charge is 0.344 e. The molecule has 0 bridgehead atoms. The fraction of sp³-hybridized carbons (Fsp3) is 0.318. The van der Waals surface area contributed by atoms with Crippen molar-refractivity contribution < 1.29 is 23.9 Å². The molecule has 1 atom stereocenters. The van der Waals surface area contributed by atoms with E-state index >= 15 is 0 Å². The van der Waals surface area contributed by atoms with E-state index in [9.17, 15) is 14.4 Å². The molecule has 3 rings (SSSR count). The highest BCUT2D eigenvalue weighted by atomic mass is 16.6. The molecule has 0 aliphatic carbocycles. The highest BCUT2D eigenvalue weighted by molar-refractivity contribution is 6.08. The third-order valence-corrected chi connectivity index (χ3v) is 4.58. The number of rotatable bonds is 7. The molecular weight excluding hydrogens is 358 g/mol. The molecule has 1 aliphatic rings. The predicted octanol–water partition coefficient (Wildman–Crippen LogP) is 2.85. The lowest BCUT2D eigenvalue weighted by molar-refractivity contribution is -0.160. The molecule has 0 spiro atoms. The minimum Gasteiger partial charge on any atom is -0.482 e. The molecule has 0 aromatic heterocycles. The van der Waals surface area contributed by atoms with Gasteiger partial charge in [0.1, 0.15) is 5.75 Å². The number of hydrogen-bond acceptors (Lipinski definition) is 5. The van der Waals surface area contributed by atoms with Gasteiger partial charge in [0.15, 0.2) is 18.5 Å². The van der Waals surface area contributed by atoms with Crippen LogP contribution in [0.1, 0.15) is 35.7 Å². The summed E-state index contributed by atoms with van der Waals surface area (Å²) in [7, 11) is 0. The second-order valence-electron chi connectivity index (χ2n) is 6.67. The minimum atomic E-state index is -0.819. The second-order valence-corrected chi connectivity index (χ2v) is 6.67. The first-order valence-electron chi connectivity index (χ1n) is 9.35. The van der Waals surface area contributed by atoms with Crippen LogP contribution in [0.15, 0.2) is 54.6 Å². The van der Waals surface area contributed by atoms with E-state index in [1.165, 1.54) is 0 Å². The maximum Gasteiger partial charge on any atom is 0.344 e. The van der Waals surface area contributed by atoms with Crippen molar-refractivity contribution in [2.24, 2.45) is 0 Å². The van der Waals surface area contributed by atoms with Gasteiger partial charge in [0.2, 0.25) is 0 Å². The molecule has 1 fully saturated rings. The van der Waals surface area contributed by atoms with Crippen LogP contribution in [0.3, 0.4) is 0 Å². The molecule has 2 aromatic rings. The Morgan fingerprint density at radius 2 is 1.54 bits per heavy atom. The maximum absolute atomic E-state index is 12.4. The molecule has 1 aliphatic heterocycles. The summed E-state index contributed by atoms with van der Waals surface area (Å²) >= 11 is 0. The first kappa shape index (κ1) is 19.6. The third kappa shape index (κ3) is 4.97. The van der Waals surface area contributed by atoms with Crippen LogP contribution in [-0.2, 0) is 14.3 Å². The molecule has 2 aromatic carbocycles. The van der Waals surface area contributed by atoms with Crippen LogP contribution in [0, 0.1) is 0 Å². The Hall–Kier alpha value is -3.15. The van der Waals surface area contributed by atoms with E-state index in [1.54, 1.807) is 48.2 Å². The quantitative estimate of drug-likeness (QED) is 0.545. The Balaban J connectivity index is 1.48. The van der Waals surface area contributed by atoms with Crippen LogP contribution in [-0.4, -0.2) is 48.4 Å². The van der Waals surface area contributed by atoms with Gasteiger partial charge in [-0.15, -0.1) is 0 Å². The van der Waals surface area contributed by atoms with Crippen molar-refractivity contribution in [3.63, 3.8) is 0 Å². The number of likely N-dealkylation sites (tertiary alicyclic amines) is 1. The molecule has 0 saturated carbocycles. The Morgan fingerprint density at radius 3 is 2.18 bits per heavy atom. The fourth-order valence-electron chi connectivity index (χ4n) is 3.08. The van der Waals surface area contributed by atoms with Gasteiger partial charge in [-0.1, -0.05) is 30.3 Å². The normalized spacial score (nSPS) is 14.4. The van der Waals surface area contributed by atoms with Gasteiger partial charge in [0.05, 0.1) is 0 Å². The van der Waals surface area contributed by atoms with Crippen molar-refractivity contribution >= 4 is 17.7 Å². The van der Waals surface area contributed by atoms with Gasteiger partial charge in [0, 0.05) is 24.2 Å². The molecule has 0 unspecified atom stereocenters. The fourth-order valence-corrected chi connectivity index (χ4v) is 3.08. The zero-order valence-electron chi connectivity index (χ0n) is 15.8. The van der Waals surface area contributed by atoms with Crippen molar-refractivity contribution in [1.29, 1.82) is 0 Å². The van der Waals surface area contributed by atoms with Crippen LogP contribution in [0.4, 0.5) is 0 Å². The maximum atomic E-state index is 12.4. The van der Waals surface area contributed by atoms with Crippen molar-refractivity contribution in [2.45, 2.75) is 25.9 Å². The summed E-state index contributed by atoms with van der Waals surface area (Å²) in [5.41, 5.74) is 1.14. The molecular formula is C22H23NO5. The summed E-state index contributed by atoms with van der Waals surface area (Å²) in [5.74, 6) is -0.417. The summed E-state index contributed by atoms with van der Waals surface area (Å²) in [6.45, 7) is 2.70. The van der Waals surface area contributed by atoms with Crippen LogP contribution in [0.25, 0.3) is 0 Å². The Kier molecular flexibility index (Phi) is 6.42. The lowest BCUT2D eigenvalue weighted by Gasteiger charge is -2.20. The number of carbonyl (C=O) groups excluding carboxylic acids is 3. The Bertz CT molecular complexity index is 826. The number of esters is 1. The van der Waals surface area contributed by atoms with Crippen LogP contribution < -0.4 is 4.74 Å². The SMILES string of the molecule is C[C@@H](OC(=O)COc1ccc(C(=O)c2ccccc2)cc1)C(=O)N1CCCC1. The van der Waals surface area contributed by atoms with Crippen molar-refractivity contribution in [3.05, 3.63) is 65.7 Å². The molecule has 0 radical (unpaired) electrons.